The van der Waals surface area contributed by atoms with Gasteiger partial charge in [0.2, 0.25) is 0 Å². The van der Waals surface area contributed by atoms with Gasteiger partial charge in [-0.15, -0.1) is 0 Å². The highest BCUT2D eigenvalue weighted by Gasteiger charge is 2.27. The molecule has 0 spiro atoms. The maximum absolute atomic E-state index is 12.2. The molecule has 2 rings (SSSR count). The van der Waals surface area contributed by atoms with Crippen molar-refractivity contribution in [1.29, 1.82) is 0 Å². The molecule has 1 aliphatic rings. The summed E-state index contributed by atoms with van der Waals surface area (Å²) >= 11 is 0. The lowest BCUT2D eigenvalue weighted by atomic mass is 10.0. The number of carbonyl (C=O) groups is 2. The molecule has 4 heteroatoms. The third-order valence-corrected chi connectivity index (χ3v) is 3.56. The number of carbonyl (C=O) groups excluding carboxylic acids is 2. The maximum Gasteiger partial charge on any atom is 0.414 e. The summed E-state index contributed by atoms with van der Waals surface area (Å²) < 4.78 is 5.34. The van der Waals surface area contributed by atoms with Gasteiger partial charge >= 0.3 is 6.09 Å². The van der Waals surface area contributed by atoms with Gasteiger partial charge < -0.3 is 4.74 Å². The smallest absolute Gasteiger partial charge is 0.414 e. The highest BCUT2D eigenvalue weighted by Crippen LogP contribution is 2.19. The number of ether oxygens (including phenoxy) is 1. The molecule has 1 atom stereocenters. The van der Waals surface area contributed by atoms with Gasteiger partial charge in [0.15, 0.2) is 5.78 Å². The minimum absolute atomic E-state index is 0.0724. The zero-order valence-corrected chi connectivity index (χ0v) is 12.3. The van der Waals surface area contributed by atoms with Crippen LogP contribution >= 0.6 is 0 Å². The van der Waals surface area contributed by atoms with E-state index in [9.17, 15) is 9.59 Å². The van der Waals surface area contributed by atoms with Gasteiger partial charge in [0.25, 0.3) is 0 Å². The Labute approximate surface area is 125 Å². The fraction of sp³-hybridized carbons (Fsp3) is 0.412. The number of rotatable bonds is 5. The van der Waals surface area contributed by atoms with E-state index in [1.807, 2.05) is 30.3 Å². The fourth-order valence-electron chi connectivity index (χ4n) is 2.37. The Morgan fingerprint density at radius 2 is 2.10 bits per heavy atom. The van der Waals surface area contributed by atoms with Crippen LogP contribution in [0.25, 0.3) is 0 Å². The highest BCUT2D eigenvalue weighted by molar-refractivity contribution is 5.92. The van der Waals surface area contributed by atoms with Gasteiger partial charge in [-0.2, -0.15) is 0 Å². The van der Waals surface area contributed by atoms with Crippen molar-refractivity contribution in [2.24, 2.45) is 0 Å². The van der Waals surface area contributed by atoms with Crippen LogP contribution < -0.4 is 0 Å². The van der Waals surface area contributed by atoms with Gasteiger partial charge in [0, 0.05) is 18.7 Å². The standard InChI is InChI=1S/C17H21NO3/c1-2-3-9-15-12-16(19)10-11-18(15)17(20)21-13-14-7-5-4-6-8-14/h4-8,10-11,15H,2-3,9,12-13H2,1H3. The summed E-state index contributed by atoms with van der Waals surface area (Å²) in [5.41, 5.74) is 0.952. The van der Waals surface area contributed by atoms with E-state index in [2.05, 4.69) is 6.92 Å². The molecule has 0 saturated heterocycles. The Hall–Kier alpha value is -2.10. The minimum atomic E-state index is -0.385. The number of allylic oxidation sites excluding steroid dienone is 1. The molecule has 1 amide bonds. The summed E-state index contributed by atoms with van der Waals surface area (Å²) in [6.07, 6.45) is 5.87. The van der Waals surface area contributed by atoms with Crippen LogP contribution in [-0.2, 0) is 16.1 Å². The van der Waals surface area contributed by atoms with Gasteiger partial charge in [-0.3, -0.25) is 9.69 Å². The van der Waals surface area contributed by atoms with E-state index in [0.29, 0.717) is 6.42 Å². The molecule has 0 radical (unpaired) electrons. The molecule has 0 aliphatic carbocycles. The average molecular weight is 287 g/mol. The summed E-state index contributed by atoms with van der Waals surface area (Å²) in [6, 6.07) is 9.49. The molecule has 0 N–H and O–H groups in total. The summed E-state index contributed by atoms with van der Waals surface area (Å²) in [5, 5.41) is 0. The number of benzene rings is 1. The molecule has 0 aromatic heterocycles. The average Bonchev–Trinajstić information content (AvgIpc) is 2.51. The zero-order chi connectivity index (χ0) is 15.1. The third-order valence-electron chi connectivity index (χ3n) is 3.56. The molecule has 1 aliphatic heterocycles. The van der Waals surface area contributed by atoms with Crippen molar-refractivity contribution in [2.45, 2.75) is 45.3 Å². The molecule has 0 bridgehead atoms. The van der Waals surface area contributed by atoms with Crippen molar-refractivity contribution in [3.8, 4) is 0 Å². The molecule has 1 aromatic rings. The fourth-order valence-corrected chi connectivity index (χ4v) is 2.37. The molecule has 0 fully saturated rings. The first-order valence-electron chi connectivity index (χ1n) is 7.40. The Balaban J connectivity index is 1.95. The number of unbranched alkanes of at least 4 members (excludes halogenated alkanes) is 1. The minimum Gasteiger partial charge on any atom is -0.444 e. The van der Waals surface area contributed by atoms with E-state index in [-0.39, 0.29) is 24.5 Å². The van der Waals surface area contributed by atoms with Crippen molar-refractivity contribution in [3.05, 3.63) is 48.2 Å². The summed E-state index contributed by atoms with van der Waals surface area (Å²) in [4.78, 5) is 25.3. The highest BCUT2D eigenvalue weighted by atomic mass is 16.6. The second-order valence-electron chi connectivity index (χ2n) is 5.23. The summed E-state index contributed by atoms with van der Waals surface area (Å²) in [6.45, 7) is 2.34. The van der Waals surface area contributed by atoms with Gasteiger partial charge in [-0.05, 0) is 18.1 Å². The number of hydrogen-bond acceptors (Lipinski definition) is 3. The Morgan fingerprint density at radius 1 is 1.33 bits per heavy atom. The second-order valence-corrected chi connectivity index (χ2v) is 5.23. The topological polar surface area (TPSA) is 46.6 Å². The van der Waals surface area contributed by atoms with Gasteiger partial charge in [0.05, 0.1) is 0 Å². The van der Waals surface area contributed by atoms with Crippen LogP contribution in [0.5, 0.6) is 0 Å². The largest absolute Gasteiger partial charge is 0.444 e. The van der Waals surface area contributed by atoms with Gasteiger partial charge in [-0.25, -0.2) is 4.79 Å². The van der Waals surface area contributed by atoms with Crippen molar-refractivity contribution in [1.82, 2.24) is 4.90 Å². The monoisotopic (exact) mass is 287 g/mol. The van der Waals surface area contributed by atoms with Crippen LogP contribution in [0, 0.1) is 0 Å². The molecule has 1 heterocycles. The second kappa shape index (κ2) is 7.62. The molecule has 112 valence electrons. The molecule has 4 nitrogen and oxygen atoms in total. The molecule has 0 saturated carbocycles. The van der Waals surface area contributed by atoms with Crippen LogP contribution in [0.15, 0.2) is 42.6 Å². The van der Waals surface area contributed by atoms with Crippen LogP contribution in [0.1, 0.15) is 38.2 Å². The Bertz CT molecular complexity index is 510. The van der Waals surface area contributed by atoms with Crippen LogP contribution in [0.4, 0.5) is 4.79 Å². The van der Waals surface area contributed by atoms with Crippen molar-refractivity contribution >= 4 is 11.9 Å². The Kier molecular flexibility index (Phi) is 5.55. The summed E-state index contributed by atoms with van der Waals surface area (Å²) in [7, 11) is 0. The lowest BCUT2D eigenvalue weighted by Crippen LogP contribution is -2.40. The number of ketones is 1. The van der Waals surface area contributed by atoms with E-state index < -0.39 is 0 Å². The van der Waals surface area contributed by atoms with E-state index in [4.69, 9.17) is 4.74 Å². The van der Waals surface area contributed by atoms with Crippen LogP contribution in [0.3, 0.4) is 0 Å². The van der Waals surface area contributed by atoms with Crippen molar-refractivity contribution < 1.29 is 14.3 Å². The molecular formula is C17H21NO3. The number of amides is 1. The van der Waals surface area contributed by atoms with Gasteiger partial charge in [-0.1, -0.05) is 50.1 Å². The van der Waals surface area contributed by atoms with Crippen LogP contribution in [0.2, 0.25) is 0 Å². The lowest BCUT2D eigenvalue weighted by Gasteiger charge is -2.30. The predicted octanol–water partition coefficient (Wildman–Crippen LogP) is 3.67. The van der Waals surface area contributed by atoms with E-state index in [1.54, 1.807) is 11.1 Å². The maximum atomic E-state index is 12.2. The SMILES string of the molecule is CCCCC1CC(=O)C=CN1C(=O)OCc1ccccc1. The molecule has 1 aromatic carbocycles. The zero-order valence-electron chi connectivity index (χ0n) is 12.3. The first-order valence-corrected chi connectivity index (χ1v) is 7.40. The number of nitrogens with zero attached hydrogens (tertiary/aromatic N) is 1. The van der Waals surface area contributed by atoms with E-state index >= 15 is 0 Å². The first-order chi connectivity index (χ1) is 10.2. The van der Waals surface area contributed by atoms with Gasteiger partial charge in [0.1, 0.15) is 6.61 Å². The van der Waals surface area contributed by atoms with E-state index in [1.165, 1.54) is 6.08 Å². The number of hydrogen-bond donors (Lipinski definition) is 0. The lowest BCUT2D eigenvalue weighted by molar-refractivity contribution is -0.116. The summed E-state index contributed by atoms with van der Waals surface area (Å²) in [5.74, 6) is 0.0724. The molecule has 1 unspecified atom stereocenters. The predicted molar refractivity (Wildman–Crippen MR) is 80.5 cm³/mol. The quantitative estimate of drug-likeness (QED) is 0.830. The molecule has 21 heavy (non-hydrogen) atoms. The third kappa shape index (κ3) is 4.45. The first kappa shape index (κ1) is 15.3. The Morgan fingerprint density at radius 3 is 2.81 bits per heavy atom. The van der Waals surface area contributed by atoms with Crippen LogP contribution in [-0.4, -0.2) is 22.8 Å². The van der Waals surface area contributed by atoms with E-state index in [0.717, 1.165) is 24.8 Å². The van der Waals surface area contributed by atoms with Crippen molar-refractivity contribution in [2.75, 3.05) is 0 Å². The normalized spacial score (nSPS) is 17.9. The van der Waals surface area contributed by atoms with Crippen molar-refractivity contribution in [3.63, 3.8) is 0 Å². The molecular weight excluding hydrogens is 266 g/mol.